The van der Waals surface area contributed by atoms with Crippen LogP contribution in [0.1, 0.15) is 0 Å². The van der Waals surface area contributed by atoms with Crippen LogP contribution >= 0.6 is 0 Å². The van der Waals surface area contributed by atoms with E-state index < -0.39 is 0 Å². The van der Waals surface area contributed by atoms with Crippen LogP contribution in [0.3, 0.4) is 0 Å². The number of nitrogens with two attached hydrogens (primary N) is 1. The topological polar surface area (TPSA) is 146 Å². The molecule has 3 heterocycles. The molecule has 0 aliphatic carbocycles. The van der Waals surface area contributed by atoms with Crippen molar-refractivity contribution in [2.75, 3.05) is 11.1 Å². The third kappa shape index (κ3) is 1.26. The Kier molecular flexibility index (Phi) is 1.63. The Hall–Kier alpha value is -2.85. The number of nitrogens with one attached hydrogen (secondary N) is 1. The lowest BCUT2D eigenvalue weighted by atomic mass is 10.6. The van der Waals surface area contributed by atoms with Crippen molar-refractivity contribution in [3.8, 4) is 0 Å². The van der Waals surface area contributed by atoms with Crippen molar-refractivity contribution < 1.29 is 4.63 Å². The molecule has 11 nitrogen and oxygen atoms in total. The number of anilines is 3. The van der Waals surface area contributed by atoms with Crippen LogP contribution in [0.4, 0.5) is 17.6 Å². The molecule has 3 aromatic heterocycles. The zero-order valence-corrected chi connectivity index (χ0v) is 7.64. The van der Waals surface area contributed by atoms with Gasteiger partial charge in [0.15, 0.2) is 0 Å². The van der Waals surface area contributed by atoms with Crippen LogP contribution < -0.4 is 11.1 Å². The van der Waals surface area contributed by atoms with E-state index in [1.54, 1.807) is 0 Å². The molecule has 0 saturated carbocycles. The minimum Gasteiger partial charge on any atom is -0.378 e. The van der Waals surface area contributed by atoms with E-state index in [-0.39, 0.29) is 23.4 Å². The summed E-state index contributed by atoms with van der Waals surface area (Å²) in [5.74, 6) is 0.785. The number of nitrogen functional groups attached to an aromatic ring is 1. The normalized spacial score (nSPS) is 10.8. The van der Waals surface area contributed by atoms with Gasteiger partial charge in [-0.15, -0.1) is 25.5 Å². The second-order valence-corrected chi connectivity index (χ2v) is 2.72. The average molecular weight is 220 g/mol. The fourth-order valence-electron chi connectivity index (χ4n) is 1.01. The highest BCUT2D eigenvalue weighted by Gasteiger charge is 2.09. The van der Waals surface area contributed by atoms with Crippen molar-refractivity contribution in [1.29, 1.82) is 0 Å². The van der Waals surface area contributed by atoms with Crippen LogP contribution in [0.5, 0.6) is 0 Å². The molecule has 3 rings (SSSR count). The van der Waals surface area contributed by atoms with Crippen molar-refractivity contribution in [3.05, 3.63) is 6.33 Å². The van der Waals surface area contributed by atoms with Crippen molar-refractivity contribution in [1.82, 2.24) is 40.3 Å². The van der Waals surface area contributed by atoms with Crippen LogP contribution in [0.15, 0.2) is 11.0 Å². The zero-order chi connectivity index (χ0) is 11.0. The maximum atomic E-state index is 5.44. The first kappa shape index (κ1) is 8.46. The Labute approximate surface area is 86.6 Å². The summed E-state index contributed by atoms with van der Waals surface area (Å²) in [4.78, 5) is 0. The minimum atomic E-state index is 0.104. The highest BCUT2D eigenvalue weighted by atomic mass is 16.6. The van der Waals surface area contributed by atoms with E-state index in [0.29, 0.717) is 0 Å². The van der Waals surface area contributed by atoms with E-state index in [2.05, 4.69) is 45.8 Å². The molecule has 0 aliphatic heterocycles. The fourth-order valence-corrected chi connectivity index (χ4v) is 1.01. The van der Waals surface area contributed by atoms with Crippen molar-refractivity contribution in [2.45, 2.75) is 0 Å². The van der Waals surface area contributed by atoms with Crippen LogP contribution in [0.25, 0.3) is 5.78 Å². The highest BCUT2D eigenvalue weighted by molar-refractivity contribution is 5.59. The molecular weight excluding hydrogens is 216 g/mol. The Morgan fingerprint density at radius 2 is 2.19 bits per heavy atom. The summed E-state index contributed by atoms with van der Waals surface area (Å²) < 4.78 is 5.74. The van der Waals surface area contributed by atoms with Crippen LogP contribution in [-0.2, 0) is 0 Å². The van der Waals surface area contributed by atoms with Gasteiger partial charge < -0.3 is 11.1 Å². The van der Waals surface area contributed by atoms with Crippen molar-refractivity contribution >= 4 is 23.4 Å². The summed E-state index contributed by atoms with van der Waals surface area (Å²) in [5, 5.41) is 28.3. The largest absolute Gasteiger partial charge is 0.378 e. The first-order valence-electron chi connectivity index (χ1n) is 4.09. The summed E-state index contributed by atoms with van der Waals surface area (Å²) in [7, 11) is 0. The predicted molar refractivity (Wildman–Crippen MR) is 48.4 cm³/mol. The lowest BCUT2D eigenvalue weighted by Crippen LogP contribution is -2.05. The molecule has 0 fully saturated rings. The van der Waals surface area contributed by atoms with E-state index in [4.69, 9.17) is 5.73 Å². The number of hydrogen-bond acceptors (Lipinski definition) is 10. The van der Waals surface area contributed by atoms with Gasteiger partial charge in [-0.25, -0.2) is 4.63 Å². The van der Waals surface area contributed by atoms with E-state index in [9.17, 15) is 0 Å². The number of hydrogen-bond donors (Lipinski definition) is 2. The van der Waals surface area contributed by atoms with Gasteiger partial charge in [-0.2, -0.15) is 4.52 Å². The first-order chi connectivity index (χ1) is 7.83. The number of nitrogens with zero attached hydrogens (tertiary/aromatic N) is 8. The molecule has 0 amide bonds. The van der Waals surface area contributed by atoms with E-state index >= 15 is 0 Å². The quantitative estimate of drug-likeness (QED) is 0.529. The second kappa shape index (κ2) is 3.08. The molecule has 0 saturated heterocycles. The minimum absolute atomic E-state index is 0.104. The molecule has 16 heavy (non-hydrogen) atoms. The van der Waals surface area contributed by atoms with E-state index in [1.165, 1.54) is 10.8 Å². The average Bonchev–Trinajstić information content (AvgIpc) is 2.88. The first-order valence-corrected chi connectivity index (χ1v) is 4.09. The molecule has 0 unspecified atom stereocenters. The zero-order valence-electron chi connectivity index (χ0n) is 7.64. The molecule has 0 spiro atoms. The summed E-state index contributed by atoms with van der Waals surface area (Å²) in [6, 6.07) is 0. The maximum absolute atomic E-state index is 5.44. The molecule has 0 aliphatic rings. The van der Waals surface area contributed by atoms with Gasteiger partial charge in [0.05, 0.1) is 0 Å². The third-order valence-electron chi connectivity index (χ3n) is 1.69. The molecule has 0 atom stereocenters. The summed E-state index contributed by atoms with van der Waals surface area (Å²) in [5.41, 5.74) is 5.44. The monoisotopic (exact) mass is 220 g/mol. The lowest BCUT2D eigenvalue weighted by Gasteiger charge is -1.98. The smallest absolute Gasteiger partial charge is 0.290 e. The van der Waals surface area contributed by atoms with Crippen LogP contribution in [0, 0.1) is 0 Å². The van der Waals surface area contributed by atoms with Crippen molar-refractivity contribution in [3.63, 3.8) is 0 Å². The van der Waals surface area contributed by atoms with Gasteiger partial charge in [0.2, 0.25) is 11.6 Å². The summed E-state index contributed by atoms with van der Waals surface area (Å²) in [6.07, 6.45) is 1.39. The Bertz CT molecular complexity index is 627. The molecule has 3 N–H and O–H groups in total. The van der Waals surface area contributed by atoms with Gasteiger partial charge in [0.25, 0.3) is 11.7 Å². The molecule has 11 heteroatoms. The molecule has 0 bridgehead atoms. The second-order valence-electron chi connectivity index (χ2n) is 2.72. The number of aromatic nitrogens is 8. The number of rotatable bonds is 2. The highest BCUT2D eigenvalue weighted by Crippen LogP contribution is 2.14. The summed E-state index contributed by atoms with van der Waals surface area (Å²) in [6.45, 7) is 0. The Morgan fingerprint density at radius 1 is 1.25 bits per heavy atom. The van der Waals surface area contributed by atoms with Gasteiger partial charge in [-0.3, -0.25) is 0 Å². The van der Waals surface area contributed by atoms with Gasteiger partial charge in [-0.05, 0) is 10.3 Å². The molecule has 80 valence electrons. The standard InChI is InChI=1S/C5H4N10O/c6-2-3(14-16-13-2)8-4-9-11-5-10-7-1-15(5)12-4/h1H,(H2,6,13)(H,8,12,14). The summed E-state index contributed by atoms with van der Waals surface area (Å²) >= 11 is 0. The van der Waals surface area contributed by atoms with E-state index in [1.807, 2.05) is 0 Å². The van der Waals surface area contributed by atoms with Gasteiger partial charge in [-0.1, -0.05) is 0 Å². The van der Waals surface area contributed by atoms with Gasteiger partial charge >= 0.3 is 0 Å². The van der Waals surface area contributed by atoms with Crippen molar-refractivity contribution in [2.24, 2.45) is 0 Å². The molecule has 0 radical (unpaired) electrons. The van der Waals surface area contributed by atoms with Crippen LogP contribution in [-0.4, -0.2) is 40.3 Å². The SMILES string of the molecule is Nc1nonc1Nc1nnc2nncn2n1. The van der Waals surface area contributed by atoms with Gasteiger partial charge in [0.1, 0.15) is 6.33 Å². The molecule has 3 aromatic rings. The predicted octanol–water partition coefficient (Wildman–Crippen LogP) is -1.38. The lowest BCUT2D eigenvalue weighted by molar-refractivity contribution is 0.310. The number of fused-ring (bicyclic) bond motifs is 1. The molecular formula is C5H4N10O. The van der Waals surface area contributed by atoms with E-state index in [0.717, 1.165) is 0 Å². The maximum Gasteiger partial charge on any atom is 0.290 e. The third-order valence-corrected chi connectivity index (χ3v) is 1.69. The fraction of sp³-hybridized carbons (Fsp3) is 0. The Morgan fingerprint density at radius 3 is 3.00 bits per heavy atom. The van der Waals surface area contributed by atoms with Gasteiger partial charge in [0, 0.05) is 0 Å². The Balaban J connectivity index is 1.97. The molecule has 0 aromatic carbocycles. The van der Waals surface area contributed by atoms with Crippen LogP contribution in [0.2, 0.25) is 0 Å².